The van der Waals surface area contributed by atoms with E-state index < -0.39 is 0 Å². The van der Waals surface area contributed by atoms with Gasteiger partial charge in [-0.25, -0.2) is 0 Å². The van der Waals surface area contributed by atoms with E-state index >= 15 is 0 Å². The predicted octanol–water partition coefficient (Wildman–Crippen LogP) is 1.37. The number of rotatable bonds is 4. The molecule has 1 aliphatic rings. The lowest BCUT2D eigenvalue weighted by molar-refractivity contribution is -0.128. The predicted molar refractivity (Wildman–Crippen MR) is 78.2 cm³/mol. The van der Waals surface area contributed by atoms with Crippen LogP contribution in [0.4, 0.5) is 5.69 Å². The molecule has 1 aromatic carbocycles. The summed E-state index contributed by atoms with van der Waals surface area (Å²) in [6, 6.07) is 8.56. The Kier molecular flexibility index (Phi) is 4.10. The van der Waals surface area contributed by atoms with E-state index in [1.807, 2.05) is 14.0 Å². The molecule has 19 heavy (non-hydrogen) atoms. The van der Waals surface area contributed by atoms with E-state index in [2.05, 4.69) is 39.8 Å². The molecule has 1 unspecified atom stereocenters. The van der Waals surface area contributed by atoms with Crippen molar-refractivity contribution in [2.75, 3.05) is 32.1 Å². The Balaban J connectivity index is 2.06. The van der Waals surface area contributed by atoms with Crippen LogP contribution in [0.15, 0.2) is 24.3 Å². The van der Waals surface area contributed by atoms with Gasteiger partial charge in [0.25, 0.3) is 0 Å². The maximum Gasteiger partial charge on any atom is 0.227 e. The second kappa shape index (κ2) is 5.61. The molecule has 1 heterocycles. The first-order valence-electron chi connectivity index (χ1n) is 6.80. The van der Waals surface area contributed by atoms with E-state index in [0.717, 1.165) is 26.1 Å². The molecule has 0 spiro atoms. The Morgan fingerprint density at radius 2 is 2.00 bits per heavy atom. The van der Waals surface area contributed by atoms with Crippen molar-refractivity contribution in [1.29, 1.82) is 0 Å². The first kappa shape index (κ1) is 13.9. The van der Waals surface area contributed by atoms with Crippen LogP contribution in [0.5, 0.6) is 0 Å². The molecular weight excluding hydrogens is 238 g/mol. The summed E-state index contributed by atoms with van der Waals surface area (Å²) < 4.78 is 0. The van der Waals surface area contributed by atoms with Gasteiger partial charge in [-0.15, -0.1) is 0 Å². The summed E-state index contributed by atoms with van der Waals surface area (Å²) in [5.74, 6) is 0.141. The number of carbonyl (C=O) groups excluding carboxylic acids is 1. The summed E-state index contributed by atoms with van der Waals surface area (Å²) in [4.78, 5) is 14.2. The van der Waals surface area contributed by atoms with E-state index in [-0.39, 0.29) is 11.3 Å². The molecule has 1 aliphatic heterocycles. The number of amides is 1. The first-order valence-corrected chi connectivity index (χ1v) is 6.80. The highest BCUT2D eigenvalue weighted by atomic mass is 16.2. The van der Waals surface area contributed by atoms with Crippen molar-refractivity contribution in [2.45, 2.75) is 19.9 Å². The summed E-state index contributed by atoms with van der Waals surface area (Å²) in [6.45, 7) is 4.66. The van der Waals surface area contributed by atoms with Crippen molar-refractivity contribution in [2.24, 2.45) is 5.41 Å². The van der Waals surface area contributed by atoms with E-state index in [1.165, 1.54) is 11.3 Å². The average Bonchev–Trinajstić information content (AvgIpc) is 2.83. The van der Waals surface area contributed by atoms with Gasteiger partial charge < -0.3 is 15.5 Å². The molecule has 0 aromatic heterocycles. The van der Waals surface area contributed by atoms with Gasteiger partial charge in [-0.1, -0.05) is 12.1 Å². The van der Waals surface area contributed by atoms with Crippen LogP contribution >= 0.6 is 0 Å². The van der Waals surface area contributed by atoms with Crippen molar-refractivity contribution in [1.82, 2.24) is 10.6 Å². The molecule has 1 fully saturated rings. The van der Waals surface area contributed by atoms with Gasteiger partial charge in [0.15, 0.2) is 0 Å². The number of nitrogens with one attached hydrogen (secondary N) is 2. The van der Waals surface area contributed by atoms with Gasteiger partial charge in [0.05, 0.1) is 5.41 Å². The Bertz CT molecular complexity index is 443. The molecule has 2 N–H and O–H groups in total. The topological polar surface area (TPSA) is 44.4 Å². The van der Waals surface area contributed by atoms with Crippen molar-refractivity contribution >= 4 is 11.6 Å². The second-order valence-corrected chi connectivity index (χ2v) is 5.51. The molecule has 0 saturated carbocycles. The molecule has 1 amide bonds. The normalized spacial score (nSPS) is 22.6. The van der Waals surface area contributed by atoms with Crippen molar-refractivity contribution < 1.29 is 4.79 Å². The summed E-state index contributed by atoms with van der Waals surface area (Å²) in [6.07, 6.45) is 0.908. The van der Waals surface area contributed by atoms with Gasteiger partial charge >= 0.3 is 0 Å². The van der Waals surface area contributed by atoms with Crippen molar-refractivity contribution in [3.05, 3.63) is 29.8 Å². The Labute approximate surface area is 115 Å². The number of anilines is 1. The highest BCUT2D eigenvalue weighted by molar-refractivity contribution is 5.83. The number of hydrogen-bond donors (Lipinski definition) is 2. The van der Waals surface area contributed by atoms with Crippen molar-refractivity contribution in [3.8, 4) is 0 Å². The third-order valence-corrected chi connectivity index (χ3v) is 3.93. The monoisotopic (exact) mass is 261 g/mol. The highest BCUT2D eigenvalue weighted by Crippen LogP contribution is 2.33. The summed E-state index contributed by atoms with van der Waals surface area (Å²) >= 11 is 0. The van der Waals surface area contributed by atoms with Crippen LogP contribution in [0.25, 0.3) is 0 Å². The maximum absolute atomic E-state index is 11.9. The molecule has 1 atom stereocenters. The molecule has 2 rings (SSSR count). The molecule has 0 aliphatic carbocycles. The lowest BCUT2D eigenvalue weighted by Crippen LogP contribution is -2.39. The molecule has 1 saturated heterocycles. The van der Waals surface area contributed by atoms with Crippen LogP contribution in [-0.2, 0) is 11.3 Å². The fraction of sp³-hybridized carbons (Fsp3) is 0.533. The lowest BCUT2D eigenvalue weighted by Gasteiger charge is -2.24. The summed E-state index contributed by atoms with van der Waals surface area (Å²) in [5.41, 5.74) is 2.21. The molecule has 1 aromatic rings. The number of carbonyl (C=O) groups is 1. The van der Waals surface area contributed by atoms with Crippen LogP contribution in [-0.4, -0.2) is 33.1 Å². The van der Waals surface area contributed by atoms with Crippen LogP contribution in [0.1, 0.15) is 18.9 Å². The summed E-state index contributed by atoms with van der Waals surface area (Å²) in [7, 11) is 3.66. The van der Waals surface area contributed by atoms with E-state index in [0.29, 0.717) is 0 Å². The molecule has 4 nitrogen and oxygen atoms in total. The standard InChI is InChI=1S/C15H23N3O/c1-15(14(19)17-3)8-9-18(11-15)13-6-4-12(5-7-13)10-16-2/h4-7,16H,8-11H2,1-3H3,(H,17,19). The van der Waals surface area contributed by atoms with Crippen LogP contribution < -0.4 is 15.5 Å². The Hall–Kier alpha value is -1.55. The van der Waals surface area contributed by atoms with E-state index in [4.69, 9.17) is 0 Å². The molecule has 0 bridgehead atoms. The lowest BCUT2D eigenvalue weighted by atomic mass is 9.89. The van der Waals surface area contributed by atoms with E-state index in [9.17, 15) is 4.79 Å². The Morgan fingerprint density at radius 1 is 1.32 bits per heavy atom. The van der Waals surface area contributed by atoms with Gasteiger partial charge in [0.2, 0.25) is 5.91 Å². The highest BCUT2D eigenvalue weighted by Gasteiger charge is 2.39. The molecular formula is C15H23N3O. The minimum absolute atomic E-state index is 0.141. The zero-order valence-corrected chi connectivity index (χ0v) is 12.0. The quantitative estimate of drug-likeness (QED) is 0.860. The maximum atomic E-state index is 11.9. The number of nitrogens with zero attached hydrogens (tertiary/aromatic N) is 1. The minimum Gasteiger partial charge on any atom is -0.370 e. The van der Waals surface area contributed by atoms with Crippen LogP contribution in [0.2, 0.25) is 0 Å². The molecule has 104 valence electrons. The number of benzene rings is 1. The fourth-order valence-electron chi connectivity index (χ4n) is 2.70. The largest absolute Gasteiger partial charge is 0.370 e. The number of hydrogen-bond acceptors (Lipinski definition) is 3. The van der Waals surface area contributed by atoms with Crippen LogP contribution in [0.3, 0.4) is 0 Å². The van der Waals surface area contributed by atoms with Crippen LogP contribution in [0, 0.1) is 5.41 Å². The van der Waals surface area contributed by atoms with Gasteiger partial charge in [-0.2, -0.15) is 0 Å². The summed E-state index contributed by atoms with van der Waals surface area (Å²) in [5, 5.41) is 5.91. The van der Waals surface area contributed by atoms with E-state index in [1.54, 1.807) is 7.05 Å². The fourth-order valence-corrected chi connectivity index (χ4v) is 2.70. The average molecular weight is 261 g/mol. The molecule has 4 heteroatoms. The zero-order chi connectivity index (χ0) is 13.9. The van der Waals surface area contributed by atoms with Gasteiger partial charge in [0, 0.05) is 32.4 Å². The SMILES string of the molecule is CNCc1ccc(N2CCC(C)(C(=O)NC)C2)cc1. The molecule has 0 radical (unpaired) electrons. The van der Waals surface area contributed by atoms with Gasteiger partial charge in [0.1, 0.15) is 0 Å². The van der Waals surface area contributed by atoms with Gasteiger partial charge in [-0.05, 0) is 38.1 Å². The minimum atomic E-state index is -0.265. The zero-order valence-electron chi connectivity index (χ0n) is 12.0. The van der Waals surface area contributed by atoms with Gasteiger partial charge in [-0.3, -0.25) is 4.79 Å². The first-order chi connectivity index (χ1) is 9.09. The van der Waals surface area contributed by atoms with Crippen molar-refractivity contribution in [3.63, 3.8) is 0 Å². The third kappa shape index (κ3) is 2.89. The Morgan fingerprint density at radius 3 is 2.58 bits per heavy atom. The second-order valence-electron chi connectivity index (χ2n) is 5.51. The third-order valence-electron chi connectivity index (χ3n) is 3.93. The smallest absolute Gasteiger partial charge is 0.227 e.